The predicted molar refractivity (Wildman–Crippen MR) is 47.8 cm³/mol. The van der Waals surface area contributed by atoms with E-state index < -0.39 is 4.92 Å². The topological polar surface area (TPSA) is 63.4 Å². The lowest BCUT2D eigenvalue weighted by Crippen LogP contribution is -1.94. The van der Waals surface area contributed by atoms with Crippen LogP contribution in [-0.4, -0.2) is 10.0 Å². The quantitative estimate of drug-likeness (QED) is 0.571. The van der Waals surface area contributed by atoms with E-state index in [9.17, 15) is 10.1 Å². The number of rotatable bonds is 3. The standard InChI is InChI=1S/C9H10NO3/c1-2-7-3-4-9(10(12)13)5-8(7)6-11/h3-6,11H,2H2,1H3. The van der Waals surface area contributed by atoms with E-state index >= 15 is 0 Å². The maximum Gasteiger partial charge on any atom is 0.269 e. The second kappa shape index (κ2) is 4.00. The molecule has 4 nitrogen and oxygen atoms in total. The molecule has 0 aliphatic rings. The first-order chi connectivity index (χ1) is 6.19. The van der Waals surface area contributed by atoms with Crippen molar-refractivity contribution in [2.24, 2.45) is 0 Å². The summed E-state index contributed by atoms with van der Waals surface area (Å²) in [5, 5.41) is 19.2. The van der Waals surface area contributed by atoms with Gasteiger partial charge in [-0.15, -0.1) is 0 Å². The fraction of sp³-hybridized carbons (Fsp3) is 0.222. The van der Waals surface area contributed by atoms with Gasteiger partial charge in [-0.3, -0.25) is 10.1 Å². The highest BCUT2D eigenvalue weighted by atomic mass is 16.6. The fourth-order valence-corrected chi connectivity index (χ4v) is 1.14. The first-order valence-electron chi connectivity index (χ1n) is 3.93. The maximum atomic E-state index is 10.4. The van der Waals surface area contributed by atoms with Crippen LogP contribution in [0, 0.1) is 16.7 Å². The number of hydrogen-bond donors (Lipinski definition) is 1. The molecular weight excluding hydrogens is 170 g/mol. The summed E-state index contributed by atoms with van der Waals surface area (Å²) in [6.45, 7) is 2.82. The normalized spacial score (nSPS) is 10.0. The Bertz CT molecular complexity index is 323. The number of non-ortho nitro benzene ring substituents is 1. The van der Waals surface area contributed by atoms with Gasteiger partial charge in [-0.25, -0.2) is 0 Å². The van der Waals surface area contributed by atoms with E-state index in [1.807, 2.05) is 6.92 Å². The van der Waals surface area contributed by atoms with E-state index in [1.165, 1.54) is 12.1 Å². The summed E-state index contributed by atoms with van der Waals surface area (Å²) in [5.74, 6) is 0. The van der Waals surface area contributed by atoms with E-state index in [2.05, 4.69) is 0 Å². The lowest BCUT2D eigenvalue weighted by atomic mass is 10.1. The molecule has 0 saturated heterocycles. The minimum Gasteiger partial charge on any atom is -0.385 e. The average Bonchev–Trinajstić information content (AvgIpc) is 2.16. The summed E-state index contributed by atoms with van der Waals surface area (Å²) in [6.07, 6.45) is 0.740. The van der Waals surface area contributed by atoms with Crippen molar-refractivity contribution in [1.29, 1.82) is 0 Å². The largest absolute Gasteiger partial charge is 0.385 e. The lowest BCUT2D eigenvalue weighted by molar-refractivity contribution is -0.384. The van der Waals surface area contributed by atoms with E-state index in [0.717, 1.165) is 18.6 Å². The number of aryl methyl sites for hydroxylation is 1. The molecule has 0 unspecified atom stereocenters. The smallest absolute Gasteiger partial charge is 0.269 e. The SMILES string of the molecule is CCc1ccc([N+](=O)[O-])cc1[CH]O. The van der Waals surface area contributed by atoms with Crippen LogP contribution in [0.2, 0.25) is 0 Å². The van der Waals surface area contributed by atoms with Crippen LogP contribution >= 0.6 is 0 Å². The predicted octanol–water partition coefficient (Wildman–Crippen LogP) is 2.04. The number of hydrogen-bond acceptors (Lipinski definition) is 3. The van der Waals surface area contributed by atoms with Gasteiger partial charge in [-0.2, -0.15) is 0 Å². The zero-order valence-corrected chi connectivity index (χ0v) is 7.23. The Balaban J connectivity index is 3.13. The molecule has 0 bridgehead atoms. The van der Waals surface area contributed by atoms with Gasteiger partial charge in [0.1, 0.15) is 6.61 Å². The molecule has 69 valence electrons. The molecule has 0 fully saturated rings. The van der Waals surface area contributed by atoms with Crippen LogP contribution in [0.4, 0.5) is 5.69 Å². The van der Waals surface area contributed by atoms with Gasteiger partial charge < -0.3 is 5.11 Å². The molecule has 13 heavy (non-hydrogen) atoms. The van der Waals surface area contributed by atoms with Crippen LogP contribution in [0.3, 0.4) is 0 Å². The lowest BCUT2D eigenvalue weighted by Gasteiger charge is -2.02. The molecule has 0 saturated carbocycles. The molecule has 0 heterocycles. The third kappa shape index (κ3) is 2.03. The van der Waals surface area contributed by atoms with E-state index in [0.29, 0.717) is 5.56 Å². The highest BCUT2D eigenvalue weighted by molar-refractivity contribution is 5.42. The van der Waals surface area contributed by atoms with Gasteiger partial charge in [0.05, 0.1) is 4.92 Å². The van der Waals surface area contributed by atoms with Gasteiger partial charge in [0, 0.05) is 12.1 Å². The van der Waals surface area contributed by atoms with Crippen molar-refractivity contribution in [3.8, 4) is 0 Å². The summed E-state index contributed by atoms with van der Waals surface area (Å²) in [7, 11) is 0. The van der Waals surface area contributed by atoms with E-state index in [4.69, 9.17) is 5.11 Å². The third-order valence-corrected chi connectivity index (χ3v) is 1.86. The maximum absolute atomic E-state index is 10.4. The molecule has 0 aromatic heterocycles. The first-order valence-corrected chi connectivity index (χ1v) is 3.93. The van der Waals surface area contributed by atoms with E-state index in [-0.39, 0.29) is 5.69 Å². The van der Waals surface area contributed by atoms with E-state index in [1.54, 1.807) is 6.07 Å². The van der Waals surface area contributed by atoms with Gasteiger partial charge in [-0.1, -0.05) is 13.0 Å². The Kier molecular flexibility index (Phi) is 2.97. The van der Waals surface area contributed by atoms with Gasteiger partial charge in [-0.05, 0) is 17.5 Å². The molecule has 0 atom stereocenters. The summed E-state index contributed by atoms with van der Waals surface area (Å²) in [5.41, 5.74) is 1.40. The van der Waals surface area contributed by atoms with Crippen molar-refractivity contribution in [1.82, 2.24) is 0 Å². The summed E-state index contributed by atoms with van der Waals surface area (Å²) >= 11 is 0. The molecule has 0 spiro atoms. The molecule has 1 N–H and O–H groups in total. The van der Waals surface area contributed by atoms with Crippen molar-refractivity contribution in [3.05, 3.63) is 46.0 Å². The summed E-state index contributed by atoms with van der Waals surface area (Å²) < 4.78 is 0. The van der Waals surface area contributed by atoms with Crippen molar-refractivity contribution in [2.45, 2.75) is 13.3 Å². The summed E-state index contributed by atoms with van der Waals surface area (Å²) in [6, 6.07) is 4.45. The van der Waals surface area contributed by atoms with Crippen LogP contribution in [0.5, 0.6) is 0 Å². The monoisotopic (exact) mass is 180 g/mol. The number of nitrogens with zero attached hydrogens (tertiary/aromatic N) is 1. The Morgan fingerprint density at radius 2 is 2.31 bits per heavy atom. The van der Waals surface area contributed by atoms with Gasteiger partial charge in [0.25, 0.3) is 5.69 Å². The molecule has 1 aromatic rings. The molecule has 4 heteroatoms. The molecular formula is C9H10NO3. The van der Waals surface area contributed by atoms with Crippen molar-refractivity contribution in [2.75, 3.05) is 0 Å². The minimum absolute atomic E-state index is 0.00231. The Morgan fingerprint density at radius 1 is 1.62 bits per heavy atom. The number of nitro groups is 1. The highest BCUT2D eigenvalue weighted by Gasteiger charge is 2.08. The molecule has 1 aromatic carbocycles. The highest BCUT2D eigenvalue weighted by Crippen LogP contribution is 2.18. The molecule has 0 amide bonds. The van der Waals surface area contributed by atoms with Crippen LogP contribution in [0.1, 0.15) is 18.1 Å². The van der Waals surface area contributed by atoms with Gasteiger partial charge in [0.15, 0.2) is 0 Å². The number of aliphatic hydroxyl groups is 1. The minimum atomic E-state index is -0.480. The zero-order chi connectivity index (χ0) is 9.84. The van der Waals surface area contributed by atoms with Crippen LogP contribution in [-0.2, 0) is 6.42 Å². The molecule has 0 aliphatic carbocycles. The van der Waals surface area contributed by atoms with Gasteiger partial charge in [0.2, 0.25) is 0 Å². The van der Waals surface area contributed by atoms with Crippen molar-refractivity contribution in [3.63, 3.8) is 0 Å². The zero-order valence-electron chi connectivity index (χ0n) is 7.23. The van der Waals surface area contributed by atoms with Gasteiger partial charge >= 0.3 is 0 Å². The molecule has 1 rings (SSSR count). The molecule has 0 aliphatic heterocycles. The van der Waals surface area contributed by atoms with Crippen LogP contribution in [0.15, 0.2) is 18.2 Å². The van der Waals surface area contributed by atoms with Crippen molar-refractivity contribution < 1.29 is 10.0 Å². The second-order valence-electron chi connectivity index (χ2n) is 2.62. The first kappa shape index (κ1) is 9.67. The van der Waals surface area contributed by atoms with Crippen molar-refractivity contribution >= 4 is 5.69 Å². The Labute approximate surface area is 76.0 Å². The third-order valence-electron chi connectivity index (χ3n) is 1.86. The second-order valence-corrected chi connectivity index (χ2v) is 2.62. The fourth-order valence-electron chi connectivity index (χ4n) is 1.14. The number of nitro benzene ring substituents is 1. The molecule has 1 radical (unpaired) electrons. The number of benzene rings is 1. The van der Waals surface area contributed by atoms with Crippen LogP contribution < -0.4 is 0 Å². The summed E-state index contributed by atoms with van der Waals surface area (Å²) in [4.78, 5) is 9.90. The van der Waals surface area contributed by atoms with Crippen LogP contribution in [0.25, 0.3) is 0 Å². The number of aliphatic hydroxyl groups excluding tert-OH is 1. The average molecular weight is 180 g/mol. The Morgan fingerprint density at radius 3 is 2.77 bits per heavy atom. The Hall–Kier alpha value is -1.42.